The van der Waals surface area contributed by atoms with Crippen molar-refractivity contribution in [2.45, 2.75) is 6.42 Å². The molecule has 0 fully saturated rings. The van der Waals surface area contributed by atoms with Crippen molar-refractivity contribution in [2.24, 2.45) is 0 Å². The number of fused-ring (bicyclic) bond motifs is 4. The molecule has 0 atom stereocenters. The molecule has 0 aliphatic carbocycles. The van der Waals surface area contributed by atoms with E-state index in [1.165, 1.54) is 0 Å². The topological polar surface area (TPSA) is 71.0 Å². The largest absolute Gasteiger partial charge is 0.360 e. The standard InChI is InChI=1S/C29H34N10/c1-34(24-14-12-22-28(32-24)38(5)26-20(36(22)3)10-7-16-30-26)18-9-19-35(2)25-15-13-23-29(33-25)39(6)27-21(37(23)4)11-8-17-31-27/h7-8,10-17H,9,18-19H2,1-6H3. The fourth-order valence-electron chi connectivity index (χ4n) is 5.36. The normalized spacial score (nSPS) is 13.5. The van der Waals surface area contributed by atoms with E-state index in [1.54, 1.807) is 0 Å². The van der Waals surface area contributed by atoms with Gasteiger partial charge in [-0.05, 0) is 55.0 Å². The molecule has 4 aromatic rings. The average molecular weight is 523 g/mol. The Morgan fingerprint density at radius 1 is 0.538 bits per heavy atom. The predicted molar refractivity (Wildman–Crippen MR) is 160 cm³/mol. The molecule has 0 bridgehead atoms. The summed E-state index contributed by atoms with van der Waals surface area (Å²) in [7, 11) is 12.4. The van der Waals surface area contributed by atoms with Gasteiger partial charge >= 0.3 is 0 Å². The molecule has 10 heteroatoms. The van der Waals surface area contributed by atoms with E-state index in [9.17, 15) is 0 Å². The molecule has 0 radical (unpaired) electrons. The Morgan fingerprint density at radius 2 is 0.949 bits per heavy atom. The van der Waals surface area contributed by atoms with E-state index >= 15 is 0 Å². The summed E-state index contributed by atoms with van der Waals surface area (Å²) < 4.78 is 0. The summed E-state index contributed by atoms with van der Waals surface area (Å²) in [5.74, 6) is 5.53. The van der Waals surface area contributed by atoms with Crippen LogP contribution in [0.1, 0.15) is 6.42 Å². The van der Waals surface area contributed by atoms with E-state index in [0.29, 0.717) is 0 Å². The second-order valence-corrected chi connectivity index (χ2v) is 10.1. The summed E-state index contributed by atoms with van der Waals surface area (Å²) in [5, 5.41) is 0. The van der Waals surface area contributed by atoms with Crippen molar-refractivity contribution in [3.8, 4) is 0 Å². The van der Waals surface area contributed by atoms with Crippen LogP contribution in [-0.2, 0) is 0 Å². The average Bonchev–Trinajstić information content (AvgIpc) is 2.98. The fourth-order valence-corrected chi connectivity index (χ4v) is 5.36. The van der Waals surface area contributed by atoms with Gasteiger partial charge in [0.2, 0.25) is 0 Å². The zero-order valence-corrected chi connectivity index (χ0v) is 23.4. The highest BCUT2D eigenvalue weighted by molar-refractivity contribution is 5.90. The second-order valence-electron chi connectivity index (χ2n) is 10.1. The summed E-state index contributed by atoms with van der Waals surface area (Å²) in [5.41, 5.74) is 4.30. The van der Waals surface area contributed by atoms with Crippen LogP contribution in [0.3, 0.4) is 0 Å². The van der Waals surface area contributed by atoms with Gasteiger partial charge in [-0.1, -0.05) is 0 Å². The van der Waals surface area contributed by atoms with Gasteiger partial charge in [0.25, 0.3) is 0 Å². The lowest BCUT2D eigenvalue weighted by molar-refractivity contribution is 0.750. The first-order valence-electron chi connectivity index (χ1n) is 13.1. The molecule has 2 aliphatic rings. The number of pyridine rings is 4. The van der Waals surface area contributed by atoms with E-state index in [1.807, 2.05) is 38.6 Å². The molecular weight excluding hydrogens is 488 g/mol. The molecule has 10 nitrogen and oxygen atoms in total. The molecule has 6 rings (SSSR count). The minimum absolute atomic E-state index is 0.870. The monoisotopic (exact) mass is 522 g/mol. The molecule has 0 saturated carbocycles. The summed E-state index contributed by atoms with van der Waals surface area (Å²) in [6.07, 6.45) is 4.61. The maximum absolute atomic E-state index is 5.01. The van der Waals surface area contributed by atoms with Gasteiger partial charge in [0.05, 0.1) is 22.7 Å². The van der Waals surface area contributed by atoms with Crippen LogP contribution < -0.4 is 29.4 Å². The quantitative estimate of drug-likeness (QED) is 0.348. The minimum Gasteiger partial charge on any atom is -0.360 e. The highest BCUT2D eigenvalue weighted by Gasteiger charge is 2.28. The van der Waals surface area contributed by atoms with Crippen LogP contribution in [-0.4, -0.2) is 75.3 Å². The lowest BCUT2D eigenvalue weighted by Crippen LogP contribution is -2.29. The van der Waals surface area contributed by atoms with Crippen LogP contribution in [0.2, 0.25) is 0 Å². The SMILES string of the molecule is CN(CCCN(C)c1ccc2c(n1)N(C)c1ncccc1N2C)c1ccc2c(n1)N(C)c1ncccc1N2C. The maximum atomic E-state index is 5.01. The Morgan fingerprint density at radius 3 is 1.38 bits per heavy atom. The second kappa shape index (κ2) is 9.61. The Balaban J connectivity index is 1.12. The van der Waals surface area contributed by atoms with Crippen LogP contribution in [0, 0.1) is 0 Å². The number of anilines is 10. The number of hydrogen-bond acceptors (Lipinski definition) is 10. The Bertz CT molecular complexity index is 1410. The molecule has 0 unspecified atom stereocenters. The molecule has 2 aliphatic heterocycles. The van der Waals surface area contributed by atoms with Crippen molar-refractivity contribution < 1.29 is 0 Å². The van der Waals surface area contributed by atoms with Crippen molar-refractivity contribution in [1.29, 1.82) is 0 Å². The highest BCUT2D eigenvalue weighted by atomic mass is 15.3. The van der Waals surface area contributed by atoms with E-state index in [-0.39, 0.29) is 0 Å². The first kappa shape index (κ1) is 24.7. The van der Waals surface area contributed by atoms with Crippen LogP contribution in [0.15, 0.2) is 60.9 Å². The van der Waals surface area contributed by atoms with Gasteiger partial charge < -0.3 is 29.4 Å². The van der Waals surface area contributed by atoms with Gasteiger partial charge in [-0.25, -0.2) is 19.9 Å². The van der Waals surface area contributed by atoms with Crippen LogP contribution in [0.5, 0.6) is 0 Å². The lowest BCUT2D eigenvalue weighted by atomic mass is 10.2. The molecule has 0 aromatic carbocycles. The van der Waals surface area contributed by atoms with Gasteiger partial charge in [-0.15, -0.1) is 0 Å². The van der Waals surface area contributed by atoms with E-state index < -0.39 is 0 Å². The van der Waals surface area contributed by atoms with Gasteiger partial charge in [-0.3, -0.25) is 0 Å². The molecule has 0 spiro atoms. The third-order valence-corrected chi connectivity index (χ3v) is 7.70. The fraction of sp³-hybridized carbons (Fsp3) is 0.310. The van der Waals surface area contributed by atoms with Gasteiger partial charge in [0, 0.05) is 67.8 Å². The minimum atomic E-state index is 0.870. The van der Waals surface area contributed by atoms with Gasteiger partial charge in [0.1, 0.15) is 11.6 Å². The highest BCUT2D eigenvalue weighted by Crippen LogP contribution is 2.45. The molecule has 0 N–H and O–H groups in total. The van der Waals surface area contributed by atoms with Gasteiger partial charge in [-0.2, -0.15) is 0 Å². The number of nitrogens with zero attached hydrogens (tertiary/aromatic N) is 10. The van der Waals surface area contributed by atoms with E-state index in [2.05, 4.69) is 104 Å². The molecule has 39 heavy (non-hydrogen) atoms. The van der Waals surface area contributed by atoms with E-state index in [0.717, 1.165) is 77.2 Å². The predicted octanol–water partition coefficient (Wildman–Crippen LogP) is 4.93. The third-order valence-electron chi connectivity index (χ3n) is 7.70. The summed E-state index contributed by atoms with van der Waals surface area (Å²) >= 11 is 0. The first-order valence-corrected chi connectivity index (χ1v) is 13.1. The number of hydrogen-bond donors (Lipinski definition) is 0. The molecule has 200 valence electrons. The summed E-state index contributed by atoms with van der Waals surface area (Å²) in [6.45, 7) is 1.74. The molecule has 4 aromatic heterocycles. The van der Waals surface area contributed by atoms with E-state index in [4.69, 9.17) is 9.97 Å². The maximum Gasteiger partial charge on any atom is 0.160 e. The number of aromatic nitrogens is 4. The molecule has 0 saturated heterocycles. The van der Waals surface area contributed by atoms with Crippen molar-refractivity contribution in [2.75, 3.05) is 84.8 Å². The van der Waals surface area contributed by atoms with Crippen molar-refractivity contribution in [3.05, 3.63) is 60.9 Å². The zero-order valence-electron chi connectivity index (χ0n) is 23.4. The van der Waals surface area contributed by atoms with Crippen LogP contribution in [0.25, 0.3) is 0 Å². The summed E-state index contributed by atoms with van der Waals surface area (Å²) in [6, 6.07) is 16.6. The van der Waals surface area contributed by atoms with Crippen LogP contribution >= 0.6 is 0 Å². The van der Waals surface area contributed by atoms with Gasteiger partial charge in [0.15, 0.2) is 23.3 Å². The lowest BCUT2D eigenvalue weighted by Gasteiger charge is -2.35. The third kappa shape index (κ3) is 4.12. The van der Waals surface area contributed by atoms with Crippen molar-refractivity contribution in [3.63, 3.8) is 0 Å². The Hall–Kier alpha value is -4.60. The smallest absolute Gasteiger partial charge is 0.160 e. The van der Waals surface area contributed by atoms with Crippen molar-refractivity contribution >= 4 is 57.7 Å². The molecule has 0 amide bonds. The molecule has 6 heterocycles. The first-order chi connectivity index (χ1) is 18.8. The van der Waals surface area contributed by atoms with Crippen LogP contribution in [0.4, 0.5) is 57.7 Å². The Labute approximate surface area is 229 Å². The number of rotatable bonds is 6. The molecular formula is C29H34N10. The zero-order chi connectivity index (χ0) is 27.3. The Kier molecular flexibility index (Phi) is 6.09. The summed E-state index contributed by atoms with van der Waals surface area (Å²) in [4.78, 5) is 32.0. The van der Waals surface area contributed by atoms with Crippen molar-refractivity contribution in [1.82, 2.24) is 19.9 Å².